The third-order valence-corrected chi connectivity index (χ3v) is 9.81. The molecule has 88 heavy (non-hydrogen) atoms. The number of rotatable bonds is 46. The summed E-state index contributed by atoms with van der Waals surface area (Å²) in [5.74, 6) is -34.1. The lowest BCUT2D eigenvalue weighted by molar-refractivity contribution is -0.545. The second-order valence-electron chi connectivity index (χ2n) is 17.1. The van der Waals surface area contributed by atoms with E-state index >= 15 is 61.5 Å². The molecule has 0 heterocycles. The average molecular weight is 1340 g/mol. The third-order valence-electron chi connectivity index (χ3n) is 9.81. The number of halogens is 23. The molecule has 0 fully saturated rings. The van der Waals surface area contributed by atoms with E-state index in [1.807, 2.05) is 0 Å². The predicted molar refractivity (Wildman–Crippen MR) is 237 cm³/mol. The van der Waals surface area contributed by atoms with Crippen molar-refractivity contribution in [2.45, 2.75) is 79.8 Å². The molecule has 0 N–H and O–H groups in total. The van der Waals surface area contributed by atoms with Gasteiger partial charge in [0.1, 0.15) is 25.2 Å². The van der Waals surface area contributed by atoms with Crippen molar-refractivity contribution in [3.05, 3.63) is 75.2 Å². The van der Waals surface area contributed by atoms with E-state index in [9.17, 15) is 68.3 Å². The van der Waals surface area contributed by atoms with Crippen molar-refractivity contribution in [1.82, 2.24) is 0 Å². The highest BCUT2D eigenvalue weighted by atomic mass is 19.3. The van der Waals surface area contributed by atoms with Gasteiger partial charge >= 0.3 is 96.3 Å². The molecule has 0 amide bonds. The highest BCUT2D eigenvalue weighted by Crippen LogP contribution is 2.62. The van der Waals surface area contributed by atoms with E-state index in [2.05, 4.69) is 101 Å². The predicted octanol–water partition coefficient (Wildman–Crippen LogP) is 9.57. The van der Waals surface area contributed by atoms with Crippen molar-refractivity contribution in [1.29, 1.82) is 0 Å². The molecule has 0 unspecified atom stereocenters. The molecule has 0 aromatic rings. The Hall–Kier alpha value is -6.63. The first-order chi connectivity index (χ1) is 39.8. The minimum Gasteiger partial charge on any atom is -0.462 e. The van der Waals surface area contributed by atoms with E-state index in [1.54, 1.807) is 0 Å². The highest BCUT2D eigenvalue weighted by Gasteiger charge is 2.86. The van der Waals surface area contributed by atoms with Crippen LogP contribution in [0.25, 0.3) is 0 Å². The maximum atomic E-state index is 17.3. The normalized spacial score (nSPS) is 13.4. The van der Waals surface area contributed by atoms with E-state index in [4.69, 9.17) is 0 Å². The number of hydrogen-bond donors (Lipinski definition) is 0. The van der Waals surface area contributed by atoms with Crippen molar-refractivity contribution in [2.75, 3.05) is 85.9 Å². The summed E-state index contributed by atoms with van der Waals surface area (Å²) < 4.78 is 404. The van der Waals surface area contributed by atoms with Crippen molar-refractivity contribution in [3.8, 4) is 0 Å². The summed E-state index contributed by atoms with van der Waals surface area (Å²) in [6.07, 6.45) is -55.5. The van der Waals surface area contributed by atoms with Gasteiger partial charge in [0.05, 0.1) is 65.5 Å². The molecule has 0 aliphatic carbocycles. The van der Waals surface area contributed by atoms with Crippen molar-refractivity contribution < 1.29 is 191 Å². The Morgan fingerprint density at radius 1 is 0.330 bits per heavy atom. The fourth-order valence-electron chi connectivity index (χ4n) is 5.49. The Morgan fingerprint density at radius 2 is 0.591 bits per heavy atom. The Kier molecular flexibility index (Phi) is 30.3. The van der Waals surface area contributed by atoms with Crippen molar-refractivity contribution >= 4 is 35.8 Å². The first-order valence-electron chi connectivity index (χ1n) is 23.0. The topological polar surface area (TPSA) is 222 Å². The molecule has 0 rings (SSSR count). The SMILES string of the molecule is C=CC(=O)OCCC(F)(F)OC(F)(F)C(COCC(F)(F)COC(=O)C(=C)F)(COCC(F)(F)COC(=O)C(=C)F)COC(F)(F)C(COCC(F)(F)COC(=O)C(=C)F)(C(F)(F)OC(F)(F)CCOC(=O)C=C)C(F)(F)OC(F)(F)CCOC(=O)C=C. The molecule has 0 aliphatic rings. The quantitative estimate of drug-likeness (QED) is 0.0239. The summed E-state index contributed by atoms with van der Waals surface area (Å²) in [6, 6.07) is 0. The average Bonchev–Trinajstić information content (AvgIpc) is 1.15. The molecule has 0 aromatic carbocycles. The number of carbonyl (C=O) groups is 6. The standard InChI is InChI=1S/C46H47F23O19/c1-7-29(70)79-13-10-40(56,57)86-43(62,63)35(16-76-19-36(50,51)22-82-32(73)26(4)47,17-77-20-37(52,53)23-83-33(74)27(5)48)18-85-44(64,65)39(25-78-21-38(54,55)24-84-34(75)28(6)49,45(66,67)87-41(58,59)11-14-80-30(71)8-2)46(68,69)88-42(60,61)12-15-81-31(72)9-3/h7-9H,1-6,10-25H2. The van der Waals surface area contributed by atoms with Crippen LogP contribution in [0.15, 0.2) is 75.2 Å². The Bertz CT molecular complexity index is 2360. The van der Waals surface area contributed by atoms with Crippen LogP contribution >= 0.6 is 0 Å². The summed E-state index contributed by atoms with van der Waals surface area (Å²) in [7, 11) is 0. The Labute approximate surface area is 478 Å². The minimum atomic E-state index is -7.80. The van der Waals surface area contributed by atoms with Crippen LogP contribution in [0.2, 0.25) is 0 Å². The first kappa shape index (κ1) is 81.4. The van der Waals surface area contributed by atoms with Crippen LogP contribution in [0.3, 0.4) is 0 Å². The van der Waals surface area contributed by atoms with E-state index in [0.29, 0.717) is 0 Å². The fourth-order valence-corrected chi connectivity index (χ4v) is 5.49. The van der Waals surface area contributed by atoms with Crippen LogP contribution in [0.5, 0.6) is 0 Å². The monoisotopic (exact) mass is 1340 g/mol. The van der Waals surface area contributed by atoms with Gasteiger partial charge in [-0.1, -0.05) is 39.5 Å². The zero-order chi connectivity index (χ0) is 68.8. The Balaban J connectivity index is 9.09. The number of hydrogen-bond acceptors (Lipinski definition) is 19. The van der Waals surface area contributed by atoms with Gasteiger partial charge in [0, 0.05) is 18.2 Å². The van der Waals surface area contributed by atoms with Gasteiger partial charge < -0.3 is 47.4 Å². The van der Waals surface area contributed by atoms with E-state index in [0.717, 1.165) is 0 Å². The van der Waals surface area contributed by atoms with Gasteiger partial charge in [0.2, 0.25) is 17.5 Å². The summed E-state index contributed by atoms with van der Waals surface area (Å²) in [5, 5.41) is 0. The maximum Gasteiger partial charge on any atom is 0.385 e. The van der Waals surface area contributed by atoms with Crippen molar-refractivity contribution in [3.63, 3.8) is 0 Å². The summed E-state index contributed by atoms with van der Waals surface area (Å²) in [6.45, 7) is -21.0. The van der Waals surface area contributed by atoms with Crippen LogP contribution in [0.4, 0.5) is 101 Å². The largest absolute Gasteiger partial charge is 0.462 e. The van der Waals surface area contributed by atoms with Crippen LogP contribution < -0.4 is 0 Å². The van der Waals surface area contributed by atoms with Gasteiger partial charge in [0.25, 0.3) is 5.41 Å². The molecule has 0 aromatic heterocycles. The van der Waals surface area contributed by atoms with Gasteiger partial charge in [-0.25, -0.2) is 55.1 Å². The molecule has 19 nitrogen and oxygen atoms in total. The molecule has 0 bridgehead atoms. The lowest BCUT2D eigenvalue weighted by Crippen LogP contribution is -2.71. The molecular weight excluding hydrogens is 1290 g/mol. The number of carbonyl (C=O) groups excluding carboxylic acids is 6. The second kappa shape index (κ2) is 32.7. The lowest BCUT2D eigenvalue weighted by atomic mass is 9.82. The molecule has 0 spiro atoms. The first-order valence-corrected chi connectivity index (χ1v) is 23.0. The second-order valence-corrected chi connectivity index (χ2v) is 17.1. The zero-order valence-corrected chi connectivity index (χ0v) is 44.2. The molecular formula is C46H47F23O19. The fraction of sp³-hybridized carbons (Fsp3) is 0.609. The third kappa shape index (κ3) is 26.6. The molecule has 506 valence electrons. The van der Waals surface area contributed by atoms with Crippen molar-refractivity contribution in [2.24, 2.45) is 10.8 Å². The van der Waals surface area contributed by atoms with Crippen LogP contribution in [0.1, 0.15) is 19.3 Å². The van der Waals surface area contributed by atoms with Crippen LogP contribution in [-0.2, 0) is 90.3 Å². The van der Waals surface area contributed by atoms with Gasteiger partial charge in [-0.05, 0) is 0 Å². The lowest BCUT2D eigenvalue weighted by Gasteiger charge is -2.48. The van der Waals surface area contributed by atoms with Crippen LogP contribution in [-0.4, -0.2) is 182 Å². The molecule has 42 heteroatoms. The molecule has 0 atom stereocenters. The minimum absolute atomic E-state index is 0.158. The summed E-state index contributed by atoms with van der Waals surface area (Å²) in [5.41, 5.74) is -12.8. The molecule has 0 aliphatic heterocycles. The molecule has 0 saturated carbocycles. The van der Waals surface area contributed by atoms with Gasteiger partial charge in [-0.15, -0.1) is 0 Å². The maximum absolute atomic E-state index is 17.3. The van der Waals surface area contributed by atoms with Gasteiger partial charge in [-0.2, -0.15) is 74.6 Å². The van der Waals surface area contributed by atoms with Crippen LogP contribution in [0, 0.1) is 10.8 Å². The molecule has 0 saturated heterocycles. The van der Waals surface area contributed by atoms with E-state index in [-0.39, 0.29) is 18.2 Å². The number of esters is 6. The molecule has 0 radical (unpaired) electrons. The summed E-state index contributed by atoms with van der Waals surface area (Å²) >= 11 is 0. The highest BCUT2D eigenvalue weighted by molar-refractivity contribution is 5.86. The Morgan fingerprint density at radius 3 is 0.852 bits per heavy atom. The summed E-state index contributed by atoms with van der Waals surface area (Å²) in [4.78, 5) is 68.5. The van der Waals surface area contributed by atoms with Gasteiger partial charge in [0.15, 0.2) is 19.8 Å². The van der Waals surface area contributed by atoms with Gasteiger partial charge in [-0.3, -0.25) is 14.2 Å². The smallest absolute Gasteiger partial charge is 0.385 e. The number of alkyl halides is 20. The van der Waals surface area contributed by atoms with E-state index in [1.165, 1.54) is 0 Å². The number of ether oxygens (including phenoxy) is 13. The van der Waals surface area contributed by atoms with E-state index < -0.39 is 230 Å². The zero-order valence-electron chi connectivity index (χ0n) is 44.2.